The second-order valence-corrected chi connectivity index (χ2v) is 9.20. The first-order valence-corrected chi connectivity index (χ1v) is 11.2. The normalized spacial score (nSPS) is 17.1. The minimum absolute atomic E-state index is 0.0536. The zero-order valence-electron chi connectivity index (χ0n) is 17.6. The number of hydrogen-bond donors (Lipinski definition) is 2. The van der Waals surface area contributed by atoms with Gasteiger partial charge in [0.15, 0.2) is 5.78 Å². The molecule has 28 heavy (non-hydrogen) atoms. The number of unbranched alkanes of at least 4 members (excludes halogenated alkanes) is 6. The largest absolute Gasteiger partial charge is 0.338 e. The topological polar surface area (TPSA) is 95.6 Å². The highest BCUT2D eigenvalue weighted by Crippen LogP contribution is 2.25. The molecule has 0 aromatic carbocycles. The molecule has 1 unspecified atom stereocenters. The molecule has 0 spiro atoms. The molecule has 2 N–H and O–H groups in total. The van der Waals surface area contributed by atoms with Gasteiger partial charge in [-0.3, -0.25) is 19.3 Å². The summed E-state index contributed by atoms with van der Waals surface area (Å²) in [6.07, 6.45) is 8.01. The maximum Gasteiger partial charge on any atom is 0.315 e. The maximum absolute atomic E-state index is 11.8. The summed E-state index contributed by atoms with van der Waals surface area (Å²) in [7, 11) is 1.56. The van der Waals surface area contributed by atoms with E-state index in [4.69, 9.17) is 0 Å². The van der Waals surface area contributed by atoms with E-state index in [-0.39, 0.29) is 28.9 Å². The zero-order chi connectivity index (χ0) is 21.2. The van der Waals surface area contributed by atoms with Gasteiger partial charge >= 0.3 is 6.03 Å². The SMILES string of the molecule is CC(=O)C(C)(C)NC(=O)NCCCCCCCCCSC1CC(=O)N(C)C1=O. The number of hydrogen-bond acceptors (Lipinski definition) is 5. The Balaban J connectivity index is 1.92. The Morgan fingerprint density at radius 1 is 1.07 bits per heavy atom. The van der Waals surface area contributed by atoms with Crippen LogP contribution in [0.3, 0.4) is 0 Å². The summed E-state index contributed by atoms with van der Waals surface area (Å²) in [5, 5.41) is 5.28. The van der Waals surface area contributed by atoms with Crippen LogP contribution in [0.15, 0.2) is 0 Å². The van der Waals surface area contributed by atoms with Gasteiger partial charge in [-0.05, 0) is 39.4 Å². The average molecular weight is 414 g/mol. The Hall–Kier alpha value is -1.57. The number of likely N-dealkylation sites (tertiary alicyclic amines) is 1. The number of amides is 4. The number of carbonyl (C=O) groups is 4. The zero-order valence-corrected chi connectivity index (χ0v) is 18.5. The molecule has 0 bridgehead atoms. The molecule has 0 saturated carbocycles. The molecule has 0 aromatic heterocycles. The van der Waals surface area contributed by atoms with Gasteiger partial charge in [0.1, 0.15) is 0 Å². The molecule has 0 aliphatic carbocycles. The molecule has 1 rings (SSSR count). The molecule has 1 heterocycles. The van der Waals surface area contributed by atoms with Gasteiger partial charge in [0, 0.05) is 20.0 Å². The lowest BCUT2D eigenvalue weighted by atomic mass is 10.0. The van der Waals surface area contributed by atoms with Crippen molar-refractivity contribution in [2.45, 2.75) is 82.9 Å². The van der Waals surface area contributed by atoms with Gasteiger partial charge < -0.3 is 10.6 Å². The highest BCUT2D eigenvalue weighted by Gasteiger charge is 2.35. The molecule has 1 aliphatic rings. The number of ketones is 1. The lowest BCUT2D eigenvalue weighted by Gasteiger charge is -2.23. The number of nitrogens with zero attached hydrogens (tertiary/aromatic N) is 1. The first-order chi connectivity index (χ1) is 13.1. The van der Waals surface area contributed by atoms with Crippen LogP contribution in [-0.2, 0) is 14.4 Å². The summed E-state index contributed by atoms with van der Waals surface area (Å²) in [6.45, 7) is 5.46. The van der Waals surface area contributed by atoms with Gasteiger partial charge in [0.25, 0.3) is 0 Å². The predicted molar refractivity (Wildman–Crippen MR) is 112 cm³/mol. The van der Waals surface area contributed by atoms with Gasteiger partial charge in [-0.15, -0.1) is 11.8 Å². The van der Waals surface area contributed by atoms with Gasteiger partial charge in [0.05, 0.1) is 10.8 Å². The van der Waals surface area contributed by atoms with Gasteiger partial charge in [0.2, 0.25) is 11.8 Å². The van der Waals surface area contributed by atoms with Crippen LogP contribution in [0.2, 0.25) is 0 Å². The van der Waals surface area contributed by atoms with E-state index >= 15 is 0 Å². The maximum atomic E-state index is 11.8. The number of thioether (sulfide) groups is 1. The third-order valence-corrected chi connectivity index (χ3v) is 6.37. The first-order valence-electron chi connectivity index (χ1n) is 10.1. The standard InChI is InChI=1S/C20H35N3O4S/c1-15(24)20(2,3)22-19(27)21-12-10-8-6-5-7-9-11-13-28-16-14-17(25)23(4)18(16)26/h16H,5-14H2,1-4H3,(H2,21,22,27). The second-order valence-electron chi connectivity index (χ2n) is 7.89. The van der Waals surface area contributed by atoms with Crippen LogP contribution in [0.1, 0.15) is 72.1 Å². The van der Waals surface area contributed by atoms with Gasteiger partial charge in [-0.1, -0.05) is 32.1 Å². The van der Waals surface area contributed by atoms with Crippen molar-refractivity contribution in [1.82, 2.24) is 15.5 Å². The fraction of sp³-hybridized carbons (Fsp3) is 0.800. The minimum Gasteiger partial charge on any atom is -0.338 e. The van der Waals surface area contributed by atoms with E-state index < -0.39 is 5.54 Å². The highest BCUT2D eigenvalue weighted by atomic mass is 32.2. The van der Waals surface area contributed by atoms with Crippen LogP contribution in [-0.4, -0.2) is 58.7 Å². The molecule has 1 saturated heterocycles. The van der Waals surface area contributed by atoms with E-state index in [1.165, 1.54) is 18.2 Å². The number of carbonyl (C=O) groups excluding carboxylic acids is 4. The van der Waals surface area contributed by atoms with E-state index in [1.54, 1.807) is 32.7 Å². The molecule has 1 atom stereocenters. The molecule has 0 radical (unpaired) electrons. The van der Waals surface area contributed by atoms with Crippen LogP contribution >= 0.6 is 11.8 Å². The number of Topliss-reactive ketones (excluding diaryl/α,β-unsaturated/α-hetero) is 1. The van der Waals surface area contributed by atoms with Crippen molar-refractivity contribution in [1.29, 1.82) is 0 Å². The van der Waals surface area contributed by atoms with E-state index in [1.807, 2.05) is 0 Å². The van der Waals surface area contributed by atoms with E-state index in [0.717, 1.165) is 44.3 Å². The lowest BCUT2D eigenvalue weighted by Crippen LogP contribution is -2.52. The Kier molecular flexibility index (Phi) is 10.6. The Morgan fingerprint density at radius 3 is 2.18 bits per heavy atom. The number of urea groups is 1. The second kappa shape index (κ2) is 12.1. The van der Waals surface area contributed by atoms with Crippen molar-refractivity contribution >= 4 is 35.4 Å². The molecule has 160 valence electrons. The van der Waals surface area contributed by atoms with Crippen molar-refractivity contribution in [3.05, 3.63) is 0 Å². The number of nitrogens with one attached hydrogen (secondary N) is 2. The third kappa shape index (κ3) is 8.63. The van der Waals surface area contributed by atoms with Crippen molar-refractivity contribution < 1.29 is 19.2 Å². The summed E-state index contributed by atoms with van der Waals surface area (Å²) < 4.78 is 0. The monoisotopic (exact) mass is 413 g/mol. The molecule has 0 aromatic rings. The minimum atomic E-state index is -0.834. The molecule has 8 heteroatoms. The smallest absolute Gasteiger partial charge is 0.315 e. The van der Waals surface area contributed by atoms with E-state index in [9.17, 15) is 19.2 Å². The Bertz CT molecular complexity index is 566. The van der Waals surface area contributed by atoms with Crippen LogP contribution in [0, 0.1) is 0 Å². The Morgan fingerprint density at radius 2 is 1.64 bits per heavy atom. The van der Waals surface area contributed by atoms with Gasteiger partial charge in [-0.25, -0.2) is 4.79 Å². The summed E-state index contributed by atoms with van der Waals surface area (Å²) >= 11 is 1.60. The van der Waals surface area contributed by atoms with Gasteiger partial charge in [-0.2, -0.15) is 0 Å². The summed E-state index contributed by atoms with van der Waals surface area (Å²) in [5.74, 6) is 0.726. The molecule has 1 fully saturated rings. The molecular weight excluding hydrogens is 378 g/mol. The highest BCUT2D eigenvalue weighted by molar-refractivity contribution is 8.00. The van der Waals surface area contributed by atoms with Crippen LogP contribution < -0.4 is 10.6 Å². The van der Waals surface area contributed by atoms with Crippen LogP contribution in [0.25, 0.3) is 0 Å². The average Bonchev–Trinajstić information content (AvgIpc) is 2.86. The van der Waals surface area contributed by atoms with Crippen molar-refractivity contribution in [3.8, 4) is 0 Å². The third-order valence-electron chi connectivity index (χ3n) is 5.07. The molecule has 1 aliphatic heterocycles. The number of imide groups is 1. The molecular formula is C20H35N3O4S. The summed E-state index contributed by atoms with van der Waals surface area (Å²) in [5.41, 5.74) is -0.834. The fourth-order valence-corrected chi connectivity index (χ4v) is 4.02. The molecule has 4 amide bonds. The van der Waals surface area contributed by atoms with Crippen molar-refractivity contribution in [2.24, 2.45) is 0 Å². The predicted octanol–water partition coefficient (Wildman–Crippen LogP) is 2.87. The quantitative estimate of drug-likeness (QED) is 0.358. The number of rotatable bonds is 13. The van der Waals surface area contributed by atoms with Crippen molar-refractivity contribution in [2.75, 3.05) is 19.3 Å². The summed E-state index contributed by atoms with van der Waals surface area (Å²) in [6, 6.07) is -0.300. The Labute approximate surface area is 172 Å². The van der Waals surface area contributed by atoms with Crippen LogP contribution in [0.4, 0.5) is 4.79 Å². The molecule has 7 nitrogen and oxygen atoms in total. The van der Waals surface area contributed by atoms with E-state index in [2.05, 4.69) is 10.6 Å². The summed E-state index contributed by atoms with van der Waals surface area (Å²) in [4.78, 5) is 47.6. The van der Waals surface area contributed by atoms with E-state index in [0.29, 0.717) is 13.0 Å². The van der Waals surface area contributed by atoms with Crippen molar-refractivity contribution in [3.63, 3.8) is 0 Å². The first kappa shape index (κ1) is 24.5. The van der Waals surface area contributed by atoms with Crippen LogP contribution in [0.5, 0.6) is 0 Å². The lowest BCUT2D eigenvalue weighted by molar-refractivity contribution is -0.136. The fourth-order valence-electron chi connectivity index (χ4n) is 2.81.